The second-order valence-electron chi connectivity index (χ2n) is 1.39. The molecule has 0 aliphatic rings. The molecule has 0 radical (unpaired) electrons. The van der Waals surface area contributed by atoms with E-state index in [2.05, 4.69) is 4.84 Å². The van der Waals surface area contributed by atoms with Crippen molar-refractivity contribution in [2.24, 2.45) is 5.90 Å². The third kappa shape index (κ3) is 1.08. The number of nitrogens with two attached hydrogens (primary N) is 1. The third-order valence-corrected chi connectivity index (χ3v) is 0.806. The van der Waals surface area contributed by atoms with Gasteiger partial charge < -0.3 is 4.42 Å². The average Bonchev–Trinajstić information content (AvgIpc) is 2.19. The molecular weight excluding hydrogens is 106 g/mol. The summed E-state index contributed by atoms with van der Waals surface area (Å²) < 4.78 is 4.87. The van der Waals surface area contributed by atoms with E-state index < -0.39 is 0 Å². The Morgan fingerprint density at radius 3 is 3.12 bits per heavy atom. The van der Waals surface area contributed by atoms with Crippen LogP contribution in [0.2, 0.25) is 0 Å². The zero-order chi connectivity index (χ0) is 5.82. The Morgan fingerprint density at radius 2 is 2.62 bits per heavy atom. The Balaban J connectivity index is 2.50. The molecule has 0 unspecified atom stereocenters. The van der Waals surface area contributed by atoms with Crippen molar-refractivity contribution >= 4 is 0 Å². The molecule has 0 aromatic carbocycles. The van der Waals surface area contributed by atoms with Crippen molar-refractivity contribution in [2.45, 2.75) is 6.61 Å². The van der Waals surface area contributed by atoms with Gasteiger partial charge >= 0.3 is 0 Å². The van der Waals surface area contributed by atoms with Gasteiger partial charge in [0.05, 0.1) is 6.26 Å². The van der Waals surface area contributed by atoms with E-state index in [4.69, 9.17) is 10.3 Å². The molecule has 0 spiro atoms. The van der Waals surface area contributed by atoms with E-state index in [0.29, 0.717) is 6.61 Å². The minimum atomic E-state index is 0.340. The summed E-state index contributed by atoms with van der Waals surface area (Å²) in [4.78, 5) is 4.29. The molecule has 0 saturated heterocycles. The van der Waals surface area contributed by atoms with Crippen molar-refractivity contribution in [3.63, 3.8) is 0 Å². The lowest BCUT2D eigenvalue weighted by Gasteiger charge is -1.88. The van der Waals surface area contributed by atoms with Crippen LogP contribution >= 0.6 is 0 Å². The second-order valence-corrected chi connectivity index (χ2v) is 1.39. The van der Waals surface area contributed by atoms with E-state index in [-0.39, 0.29) is 0 Å². The lowest BCUT2D eigenvalue weighted by atomic mass is 10.5. The molecule has 0 amide bonds. The maximum atomic E-state index is 4.87. The fourth-order valence-electron chi connectivity index (χ4n) is 0.477. The smallest absolute Gasteiger partial charge is 0.131 e. The largest absolute Gasteiger partial charge is 0.467 e. The van der Waals surface area contributed by atoms with Crippen LogP contribution in [0, 0.1) is 0 Å². The summed E-state index contributed by atoms with van der Waals surface area (Å²) in [5.74, 6) is 5.50. The van der Waals surface area contributed by atoms with Gasteiger partial charge in [0, 0.05) is 0 Å². The molecule has 0 aliphatic carbocycles. The second kappa shape index (κ2) is 2.49. The van der Waals surface area contributed by atoms with Gasteiger partial charge in [0.15, 0.2) is 0 Å². The highest BCUT2D eigenvalue weighted by Crippen LogP contribution is 1.98. The average molecular weight is 113 g/mol. The first-order chi connectivity index (χ1) is 3.93. The van der Waals surface area contributed by atoms with Crippen LogP contribution in [0.25, 0.3) is 0 Å². The molecule has 3 heteroatoms. The summed E-state index contributed by atoms with van der Waals surface area (Å²) in [5, 5.41) is 0. The summed E-state index contributed by atoms with van der Waals surface area (Å²) in [6, 6.07) is 3.58. The van der Waals surface area contributed by atoms with Crippen molar-refractivity contribution in [1.82, 2.24) is 0 Å². The summed E-state index contributed by atoms with van der Waals surface area (Å²) in [6.07, 6.45) is 1.58. The van der Waals surface area contributed by atoms with Crippen molar-refractivity contribution in [3.05, 3.63) is 24.2 Å². The van der Waals surface area contributed by atoms with Gasteiger partial charge in [-0.15, -0.1) is 0 Å². The summed E-state index contributed by atoms with van der Waals surface area (Å²) in [6.45, 7) is 0.340. The maximum Gasteiger partial charge on any atom is 0.131 e. The van der Waals surface area contributed by atoms with E-state index >= 15 is 0 Å². The molecule has 0 bridgehead atoms. The highest BCUT2D eigenvalue weighted by molar-refractivity contribution is 4.95. The van der Waals surface area contributed by atoms with Gasteiger partial charge in [-0.05, 0) is 12.1 Å². The molecule has 1 aromatic heterocycles. The SMILES string of the molecule is NOCc1ccco1. The Kier molecular flexibility index (Phi) is 1.66. The first-order valence-corrected chi connectivity index (χ1v) is 2.27. The zero-order valence-corrected chi connectivity index (χ0v) is 4.33. The predicted octanol–water partition coefficient (Wildman–Crippen LogP) is 0.670. The van der Waals surface area contributed by atoms with Gasteiger partial charge in [-0.2, -0.15) is 0 Å². The lowest BCUT2D eigenvalue weighted by Crippen LogP contribution is -1.96. The molecule has 44 valence electrons. The Hall–Kier alpha value is -0.800. The molecule has 1 rings (SSSR count). The monoisotopic (exact) mass is 113 g/mol. The third-order valence-electron chi connectivity index (χ3n) is 0.806. The molecule has 2 N–H and O–H groups in total. The minimum absolute atomic E-state index is 0.340. The molecule has 3 nitrogen and oxygen atoms in total. The highest BCUT2D eigenvalue weighted by atomic mass is 16.6. The Labute approximate surface area is 47.0 Å². The normalized spacial score (nSPS) is 9.62. The van der Waals surface area contributed by atoms with E-state index in [0.717, 1.165) is 5.76 Å². The molecule has 0 fully saturated rings. The molecule has 0 saturated carbocycles. The van der Waals surface area contributed by atoms with Crippen LogP contribution < -0.4 is 5.90 Å². The maximum absolute atomic E-state index is 4.87. The van der Waals surface area contributed by atoms with Gasteiger partial charge in [0.2, 0.25) is 0 Å². The number of furan rings is 1. The highest BCUT2D eigenvalue weighted by Gasteiger charge is 1.89. The minimum Gasteiger partial charge on any atom is -0.467 e. The van der Waals surface area contributed by atoms with Gasteiger partial charge in [0.1, 0.15) is 12.4 Å². The van der Waals surface area contributed by atoms with E-state index in [9.17, 15) is 0 Å². The first kappa shape index (κ1) is 5.34. The molecule has 0 atom stereocenters. The van der Waals surface area contributed by atoms with Crippen molar-refractivity contribution < 1.29 is 9.25 Å². The summed E-state index contributed by atoms with van der Waals surface area (Å²) in [5.41, 5.74) is 0. The fourth-order valence-corrected chi connectivity index (χ4v) is 0.477. The Bertz CT molecular complexity index is 136. The van der Waals surface area contributed by atoms with Crippen LogP contribution in [-0.4, -0.2) is 0 Å². The van der Waals surface area contributed by atoms with E-state index in [1.54, 1.807) is 18.4 Å². The van der Waals surface area contributed by atoms with Gasteiger partial charge in [0.25, 0.3) is 0 Å². The van der Waals surface area contributed by atoms with Crippen molar-refractivity contribution in [1.29, 1.82) is 0 Å². The van der Waals surface area contributed by atoms with Crippen LogP contribution in [0.5, 0.6) is 0 Å². The lowest BCUT2D eigenvalue weighted by molar-refractivity contribution is 0.108. The quantitative estimate of drug-likeness (QED) is 0.573. The van der Waals surface area contributed by atoms with Crippen LogP contribution in [0.4, 0.5) is 0 Å². The van der Waals surface area contributed by atoms with Crippen molar-refractivity contribution in [2.75, 3.05) is 0 Å². The van der Waals surface area contributed by atoms with Gasteiger partial charge in [-0.1, -0.05) is 0 Å². The van der Waals surface area contributed by atoms with Crippen LogP contribution in [0.1, 0.15) is 5.76 Å². The molecule has 1 aromatic rings. The predicted molar refractivity (Wildman–Crippen MR) is 27.7 cm³/mol. The molecular formula is C5H7NO2. The van der Waals surface area contributed by atoms with Crippen LogP contribution in [0.15, 0.2) is 22.8 Å². The number of rotatable bonds is 2. The van der Waals surface area contributed by atoms with Crippen molar-refractivity contribution in [3.8, 4) is 0 Å². The summed E-state index contributed by atoms with van der Waals surface area (Å²) >= 11 is 0. The topological polar surface area (TPSA) is 48.4 Å². The molecule has 1 heterocycles. The fraction of sp³-hybridized carbons (Fsp3) is 0.200. The van der Waals surface area contributed by atoms with Crippen LogP contribution in [0.3, 0.4) is 0 Å². The van der Waals surface area contributed by atoms with Gasteiger partial charge in [-0.25, -0.2) is 5.90 Å². The molecule has 0 aliphatic heterocycles. The van der Waals surface area contributed by atoms with Crippen LogP contribution in [-0.2, 0) is 11.4 Å². The van der Waals surface area contributed by atoms with E-state index in [1.165, 1.54) is 0 Å². The van der Waals surface area contributed by atoms with E-state index in [1.807, 2.05) is 0 Å². The number of hydrogen-bond acceptors (Lipinski definition) is 3. The molecule has 8 heavy (non-hydrogen) atoms. The standard InChI is InChI=1S/C5H7NO2/c6-8-4-5-2-1-3-7-5/h1-3H,4,6H2. The Morgan fingerprint density at radius 1 is 1.75 bits per heavy atom. The van der Waals surface area contributed by atoms with Gasteiger partial charge in [-0.3, -0.25) is 4.84 Å². The summed E-state index contributed by atoms with van der Waals surface area (Å²) in [7, 11) is 0. The number of hydrogen-bond donors (Lipinski definition) is 1. The zero-order valence-electron chi connectivity index (χ0n) is 4.33. The first-order valence-electron chi connectivity index (χ1n) is 2.27.